The van der Waals surface area contributed by atoms with Gasteiger partial charge in [-0.2, -0.15) is 0 Å². The Morgan fingerprint density at radius 1 is 1.18 bits per heavy atom. The van der Waals surface area contributed by atoms with Crippen molar-refractivity contribution < 1.29 is 4.79 Å². The maximum atomic E-state index is 12.5. The number of nitrogens with zero attached hydrogens (tertiary/aromatic N) is 1. The monoisotopic (exact) mass is 348 g/mol. The van der Waals surface area contributed by atoms with E-state index in [1.54, 1.807) is 28.9 Å². The first-order valence-corrected chi connectivity index (χ1v) is 9.56. The van der Waals surface area contributed by atoms with E-state index in [0.29, 0.717) is 10.8 Å². The van der Waals surface area contributed by atoms with Crippen LogP contribution in [0, 0.1) is 5.92 Å². The second-order valence-corrected chi connectivity index (χ2v) is 8.18. The molecule has 1 amide bonds. The predicted molar refractivity (Wildman–Crippen MR) is 94.8 cm³/mol. The van der Waals surface area contributed by atoms with Gasteiger partial charge in [0.15, 0.2) is 0 Å². The third-order valence-electron chi connectivity index (χ3n) is 3.26. The van der Waals surface area contributed by atoms with Gasteiger partial charge in [-0.15, -0.1) is 34.0 Å². The first kappa shape index (κ1) is 15.4. The summed E-state index contributed by atoms with van der Waals surface area (Å²) in [6.07, 6.45) is 1.67. The maximum absolute atomic E-state index is 12.5. The largest absolute Gasteiger partial charge is 0.343 e. The zero-order valence-corrected chi connectivity index (χ0v) is 14.7. The Hall–Kier alpha value is -1.50. The fraction of sp³-hybridized carbons (Fsp3) is 0.250. The number of hydrogen-bond donors (Lipinski definition) is 1. The van der Waals surface area contributed by atoms with E-state index in [-0.39, 0.29) is 11.9 Å². The predicted octanol–water partition coefficient (Wildman–Crippen LogP) is 5.06. The van der Waals surface area contributed by atoms with Crippen LogP contribution < -0.4 is 5.32 Å². The summed E-state index contributed by atoms with van der Waals surface area (Å²) in [6.45, 7) is 4.24. The Labute approximate surface area is 141 Å². The zero-order chi connectivity index (χ0) is 15.5. The minimum Gasteiger partial charge on any atom is -0.343 e. The van der Waals surface area contributed by atoms with E-state index >= 15 is 0 Å². The molecular formula is C16H16N2OS3. The fourth-order valence-electron chi connectivity index (χ4n) is 2.14. The minimum atomic E-state index is -0.0487. The number of carbonyl (C=O) groups is 1. The molecule has 3 aromatic rings. The van der Waals surface area contributed by atoms with Gasteiger partial charge in [-0.05, 0) is 28.8 Å². The summed E-state index contributed by atoms with van der Waals surface area (Å²) in [7, 11) is 0. The normalized spacial score (nSPS) is 12.5. The van der Waals surface area contributed by atoms with Crippen LogP contribution in [0.5, 0.6) is 0 Å². The number of carbonyl (C=O) groups excluding carboxylic acids is 1. The van der Waals surface area contributed by atoms with Gasteiger partial charge >= 0.3 is 0 Å². The van der Waals surface area contributed by atoms with Crippen molar-refractivity contribution in [3.05, 3.63) is 51.0 Å². The molecule has 0 aliphatic carbocycles. The molecule has 3 rings (SSSR count). The molecule has 0 saturated heterocycles. The summed E-state index contributed by atoms with van der Waals surface area (Å²) in [5, 5.41) is 8.10. The van der Waals surface area contributed by atoms with Crippen molar-refractivity contribution in [1.29, 1.82) is 0 Å². The second-order valence-electron chi connectivity index (χ2n) is 5.22. The van der Waals surface area contributed by atoms with Crippen LogP contribution in [0.15, 0.2) is 41.2 Å². The van der Waals surface area contributed by atoms with Crippen molar-refractivity contribution in [2.24, 2.45) is 5.92 Å². The van der Waals surface area contributed by atoms with E-state index in [0.717, 1.165) is 9.88 Å². The highest BCUT2D eigenvalue weighted by molar-refractivity contribution is 7.22. The van der Waals surface area contributed by atoms with Crippen molar-refractivity contribution in [2.75, 3.05) is 0 Å². The van der Waals surface area contributed by atoms with Gasteiger partial charge in [0.25, 0.3) is 5.91 Å². The molecule has 0 fully saturated rings. The van der Waals surface area contributed by atoms with E-state index in [9.17, 15) is 4.79 Å². The maximum Gasteiger partial charge on any atom is 0.263 e. The average molecular weight is 349 g/mol. The van der Waals surface area contributed by atoms with Crippen LogP contribution in [0.4, 0.5) is 0 Å². The lowest BCUT2D eigenvalue weighted by Crippen LogP contribution is -2.30. The van der Waals surface area contributed by atoms with Gasteiger partial charge in [-0.3, -0.25) is 4.79 Å². The van der Waals surface area contributed by atoms with Crippen molar-refractivity contribution in [2.45, 2.75) is 19.9 Å². The highest BCUT2D eigenvalue weighted by atomic mass is 32.1. The van der Waals surface area contributed by atoms with Gasteiger partial charge in [-0.25, -0.2) is 4.98 Å². The van der Waals surface area contributed by atoms with E-state index in [2.05, 4.69) is 30.2 Å². The Balaban J connectivity index is 1.76. The standard InChI is InChI=1S/C16H16N2OS3/c1-10(2)14(11-5-3-7-20-11)18-15(19)13-9-17-16(22-13)12-6-4-8-21-12/h3-10,14H,1-2H3,(H,18,19). The van der Waals surface area contributed by atoms with Gasteiger partial charge in [0, 0.05) is 4.88 Å². The Morgan fingerprint density at radius 3 is 2.59 bits per heavy atom. The van der Waals surface area contributed by atoms with Gasteiger partial charge in [0.2, 0.25) is 0 Å². The summed E-state index contributed by atoms with van der Waals surface area (Å²) in [6, 6.07) is 8.14. The third kappa shape index (κ3) is 3.29. The molecule has 0 radical (unpaired) electrons. The molecule has 22 heavy (non-hydrogen) atoms. The van der Waals surface area contributed by atoms with Gasteiger partial charge in [0.1, 0.15) is 9.88 Å². The molecule has 0 aromatic carbocycles. The van der Waals surface area contributed by atoms with Crippen LogP contribution in [0.1, 0.15) is 34.4 Å². The van der Waals surface area contributed by atoms with Crippen molar-refractivity contribution in [3.63, 3.8) is 0 Å². The molecule has 3 nitrogen and oxygen atoms in total. The highest BCUT2D eigenvalue weighted by Crippen LogP contribution is 2.30. The van der Waals surface area contributed by atoms with Gasteiger partial charge < -0.3 is 5.32 Å². The molecule has 0 bridgehead atoms. The second kappa shape index (κ2) is 6.73. The lowest BCUT2D eigenvalue weighted by atomic mass is 10.0. The first-order valence-electron chi connectivity index (χ1n) is 6.99. The first-order chi connectivity index (χ1) is 10.6. The van der Waals surface area contributed by atoms with E-state index in [4.69, 9.17) is 0 Å². The quantitative estimate of drug-likeness (QED) is 0.700. The molecule has 1 unspecified atom stereocenters. The molecule has 0 aliphatic rings. The summed E-state index contributed by atoms with van der Waals surface area (Å²) >= 11 is 4.75. The Kier molecular flexibility index (Phi) is 4.71. The number of aromatic nitrogens is 1. The Morgan fingerprint density at radius 2 is 1.95 bits per heavy atom. The summed E-state index contributed by atoms with van der Waals surface area (Å²) in [5.74, 6) is 0.291. The number of amides is 1. The van der Waals surface area contributed by atoms with Gasteiger partial charge in [-0.1, -0.05) is 26.0 Å². The molecule has 1 N–H and O–H groups in total. The van der Waals surface area contributed by atoms with Crippen LogP contribution in [-0.2, 0) is 0 Å². The highest BCUT2D eigenvalue weighted by Gasteiger charge is 2.21. The SMILES string of the molecule is CC(C)C(NC(=O)c1cnc(-c2cccs2)s1)c1cccs1. The van der Waals surface area contributed by atoms with Gasteiger partial charge in [0.05, 0.1) is 17.1 Å². The molecule has 3 aromatic heterocycles. The summed E-state index contributed by atoms with van der Waals surface area (Å²) < 4.78 is 0. The zero-order valence-electron chi connectivity index (χ0n) is 12.3. The van der Waals surface area contributed by atoms with Crippen molar-refractivity contribution in [3.8, 4) is 9.88 Å². The van der Waals surface area contributed by atoms with E-state index in [1.165, 1.54) is 16.2 Å². The van der Waals surface area contributed by atoms with E-state index in [1.807, 2.05) is 29.0 Å². The van der Waals surface area contributed by atoms with Crippen LogP contribution in [-0.4, -0.2) is 10.9 Å². The number of hydrogen-bond acceptors (Lipinski definition) is 5. The minimum absolute atomic E-state index is 0.0415. The fourth-order valence-corrected chi connectivity index (χ4v) is 4.71. The molecule has 3 heterocycles. The van der Waals surface area contributed by atoms with Crippen LogP contribution in [0.3, 0.4) is 0 Å². The smallest absolute Gasteiger partial charge is 0.263 e. The lowest BCUT2D eigenvalue weighted by Gasteiger charge is -2.20. The van der Waals surface area contributed by atoms with Crippen LogP contribution >= 0.6 is 34.0 Å². The molecule has 1 atom stereocenters. The Bertz CT molecular complexity index is 729. The molecular weight excluding hydrogens is 332 g/mol. The molecule has 6 heteroatoms. The number of thiophene rings is 2. The van der Waals surface area contributed by atoms with Crippen molar-refractivity contribution >= 4 is 39.9 Å². The van der Waals surface area contributed by atoms with E-state index < -0.39 is 0 Å². The number of thiazole rings is 1. The summed E-state index contributed by atoms with van der Waals surface area (Å²) in [5.41, 5.74) is 0. The summed E-state index contributed by atoms with van der Waals surface area (Å²) in [4.78, 5) is 19.8. The number of rotatable bonds is 5. The number of nitrogens with one attached hydrogen (secondary N) is 1. The lowest BCUT2D eigenvalue weighted by molar-refractivity contribution is 0.0930. The molecule has 114 valence electrons. The topological polar surface area (TPSA) is 42.0 Å². The molecule has 0 aliphatic heterocycles. The average Bonchev–Trinajstić information content (AvgIpc) is 3.25. The molecule has 0 spiro atoms. The van der Waals surface area contributed by atoms with Crippen LogP contribution in [0.2, 0.25) is 0 Å². The van der Waals surface area contributed by atoms with Crippen molar-refractivity contribution in [1.82, 2.24) is 10.3 Å². The van der Waals surface area contributed by atoms with Crippen LogP contribution in [0.25, 0.3) is 9.88 Å². The third-order valence-corrected chi connectivity index (χ3v) is 6.25. The molecule has 0 saturated carbocycles.